The number of guanidine groups is 1. The predicted molar refractivity (Wildman–Crippen MR) is 105 cm³/mol. The van der Waals surface area contributed by atoms with E-state index in [9.17, 15) is 0 Å². The van der Waals surface area contributed by atoms with Gasteiger partial charge in [0, 0.05) is 50.5 Å². The lowest BCUT2D eigenvalue weighted by atomic mass is 9.95. The van der Waals surface area contributed by atoms with Crippen LogP contribution in [0.2, 0.25) is 0 Å². The number of benzene rings is 1. The summed E-state index contributed by atoms with van der Waals surface area (Å²) in [4.78, 5) is 12.1. The summed E-state index contributed by atoms with van der Waals surface area (Å²) in [6, 6.07) is 4.54. The molecule has 1 aromatic heterocycles. The van der Waals surface area contributed by atoms with E-state index in [1.807, 2.05) is 12.1 Å². The quantitative estimate of drug-likeness (QED) is 0.799. The lowest BCUT2D eigenvalue weighted by molar-refractivity contribution is 0.0966. The van der Waals surface area contributed by atoms with Crippen molar-refractivity contribution in [3.63, 3.8) is 0 Å². The first kappa shape index (κ1) is 16.7. The maximum Gasteiger partial charge on any atom is 0.212 e. The number of anilines is 1. The Morgan fingerprint density at radius 2 is 1.85 bits per heavy atom. The van der Waals surface area contributed by atoms with E-state index < -0.39 is 5.66 Å². The standard InChI is InChI=1S/C19H26N6O2/c1-12(2)24-6-4-19(5-7-24)23-17(20)22-18-21-13-10-15-16(11-14(13)25(18)19)27-9-3-8-26-15/h10-12H,3-9H2,1-2H3,(H3,20,21,22,23). The van der Waals surface area contributed by atoms with Crippen molar-refractivity contribution in [3.05, 3.63) is 12.1 Å². The zero-order valence-electron chi connectivity index (χ0n) is 15.9. The largest absolute Gasteiger partial charge is 0.489 e. The van der Waals surface area contributed by atoms with E-state index in [1.54, 1.807) is 0 Å². The van der Waals surface area contributed by atoms with Gasteiger partial charge < -0.3 is 20.1 Å². The summed E-state index contributed by atoms with van der Waals surface area (Å²) in [5.41, 5.74) is 7.62. The molecular formula is C19H26N6O2. The first-order chi connectivity index (χ1) is 13.1. The minimum atomic E-state index is -0.398. The minimum Gasteiger partial charge on any atom is -0.489 e. The van der Waals surface area contributed by atoms with Crippen LogP contribution in [0.5, 0.6) is 11.5 Å². The molecule has 144 valence electrons. The number of imidazole rings is 1. The van der Waals surface area contributed by atoms with Crippen LogP contribution in [-0.4, -0.2) is 52.8 Å². The zero-order chi connectivity index (χ0) is 18.6. The molecule has 0 radical (unpaired) electrons. The number of rotatable bonds is 1. The van der Waals surface area contributed by atoms with E-state index in [2.05, 4.69) is 28.6 Å². The van der Waals surface area contributed by atoms with Crippen LogP contribution in [0.25, 0.3) is 11.0 Å². The van der Waals surface area contributed by atoms with E-state index in [0.717, 1.165) is 60.8 Å². The molecular weight excluding hydrogens is 344 g/mol. The molecule has 0 atom stereocenters. The SMILES string of the molecule is CC(C)N1CCC2(CC1)N=C(N)Nc1nc3cc4c(cc3n12)OCCCO4. The summed E-state index contributed by atoms with van der Waals surface area (Å²) >= 11 is 0. The maximum atomic E-state index is 6.14. The molecule has 4 heterocycles. The van der Waals surface area contributed by atoms with Gasteiger partial charge in [0.05, 0.1) is 24.2 Å². The van der Waals surface area contributed by atoms with Crippen LogP contribution in [0.4, 0.5) is 5.95 Å². The van der Waals surface area contributed by atoms with Gasteiger partial charge in [-0.25, -0.2) is 9.98 Å². The number of aliphatic imine (C=N–C) groups is 1. The molecule has 2 aromatic rings. The number of ether oxygens (including phenoxy) is 2. The zero-order valence-corrected chi connectivity index (χ0v) is 15.9. The van der Waals surface area contributed by atoms with Crippen molar-refractivity contribution in [1.82, 2.24) is 14.5 Å². The van der Waals surface area contributed by atoms with Crippen molar-refractivity contribution >= 4 is 22.9 Å². The number of nitrogens with two attached hydrogens (primary N) is 1. The van der Waals surface area contributed by atoms with Gasteiger partial charge in [-0.2, -0.15) is 0 Å². The van der Waals surface area contributed by atoms with Gasteiger partial charge in [0.2, 0.25) is 5.95 Å². The Bertz CT molecular complexity index is 911. The van der Waals surface area contributed by atoms with Crippen molar-refractivity contribution in [1.29, 1.82) is 0 Å². The topological polar surface area (TPSA) is 89.9 Å². The van der Waals surface area contributed by atoms with Crippen LogP contribution in [-0.2, 0) is 5.66 Å². The highest BCUT2D eigenvalue weighted by atomic mass is 16.5. The molecule has 8 heteroatoms. The van der Waals surface area contributed by atoms with Gasteiger partial charge in [-0.05, 0) is 13.8 Å². The summed E-state index contributed by atoms with van der Waals surface area (Å²) in [6.07, 6.45) is 2.69. The van der Waals surface area contributed by atoms with Crippen molar-refractivity contribution in [2.45, 2.75) is 44.8 Å². The Morgan fingerprint density at radius 1 is 1.15 bits per heavy atom. The van der Waals surface area contributed by atoms with Crippen molar-refractivity contribution in [2.75, 3.05) is 31.6 Å². The van der Waals surface area contributed by atoms with Crippen LogP contribution in [0.15, 0.2) is 17.1 Å². The lowest BCUT2D eigenvalue weighted by Gasteiger charge is -2.44. The third kappa shape index (κ3) is 2.62. The van der Waals surface area contributed by atoms with Gasteiger partial charge in [-0.3, -0.25) is 9.88 Å². The van der Waals surface area contributed by atoms with Crippen molar-refractivity contribution in [3.8, 4) is 11.5 Å². The molecule has 0 bridgehead atoms. The Kier molecular flexibility index (Phi) is 3.72. The second-order valence-electron chi connectivity index (χ2n) is 7.84. The fourth-order valence-corrected chi connectivity index (χ4v) is 4.39. The van der Waals surface area contributed by atoms with E-state index in [1.165, 1.54) is 0 Å². The summed E-state index contributed by atoms with van der Waals surface area (Å²) in [5, 5.41) is 3.14. The minimum absolute atomic E-state index is 0.398. The van der Waals surface area contributed by atoms with E-state index >= 15 is 0 Å². The Balaban J connectivity index is 1.63. The number of nitrogens with zero attached hydrogens (tertiary/aromatic N) is 4. The Morgan fingerprint density at radius 3 is 2.56 bits per heavy atom. The molecule has 3 aliphatic heterocycles. The molecule has 0 amide bonds. The first-order valence-electron chi connectivity index (χ1n) is 9.75. The highest BCUT2D eigenvalue weighted by Crippen LogP contribution is 2.43. The summed E-state index contributed by atoms with van der Waals surface area (Å²) in [6.45, 7) is 7.77. The average molecular weight is 370 g/mol. The van der Waals surface area contributed by atoms with Gasteiger partial charge in [0.1, 0.15) is 5.66 Å². The molecule has 5 rings (SSSR count). The van der Waals surface area contributed by atoms with E-state index in [0.29, 0.717) is 25.2 Å². The van der Waals surface area contributed by atoms with Crippen LogP contribution >= 0.6 is 0 Å². The van der Waals surface area contributed by atoms with Crippen LogP contribution in [0, 0.1) is 0 Å². The number of likely N-dealkylation sites (tertiary alicyclic amines) is 1. The third-order valence-electron chi connectivity index (χ3n) is 5.84. The smallest absolute Gasteiger partial charge is 0.212 e. The average Bonchev–Trinajstić information content (AvgIpc) is 2.82. The number of fused-ring (bicyclic) bond motifs is 5. The molecule has 1 spiro atoms. The van der Waals surface area contributed by atoms with Crippen molar-refractivity contribution < 1.29 is 9.47 Å². The Labute approximate surface area is 158 Å². The van der Waals surface area contributed by atoms with Crippen LogP contribution in [0.1, 0.15) is 33.1 Å². The predicted octanol–water partition coefficient (Wildman–Crippen LogP) is 2.09. The molecule has 1 fully saturated rings. The first-order valence-corrected chi connectivity index (χ1v) is 9.75. The molecule has 0 unspecified atom stereocenters. The molecule has 3 N–H and O–H groups in total. The highest BCUT2D eigenvalue weighted by molar-refractivity contribution is 5.95. The molecule has 0 aliphatic carbocycles. The van der Waals surface area contributed by atoms with E-state index in [-0.39, 0.29) is 0 Å². The third-order valence-corrected chi connectivity index (χ3v) is 5.84. The number of hydrogen-bond acceptors (Lipinski definition) is 7. The normalized spacial score (nSPS) is 21.7. The van der Waals surface area contributed by atoms with Crippen LogP contribution < -0.4 is 20.5 Å². The fraction of sp³-hybridized carbons (Fsp3) is 0.579. The second kappa shape index (κ2) is 6.02. The molecule has 1 saturated heterocycles. The summed E-state index contributed by atoms with van der Waals surface area (Å²) < 4.78 is 14.0. The fourth-order valence-electron chi connectivity index (χ4n) is 4.39. The van der Waals surface area contributed by atoms with Gasteiger partial charge in [0.25, 0.3) is 0 Å². The number of nitrogens with one attached hydrogen (secondary N) is 1. The lowest BCUT2D eigenvalue weighted by Crippen LogP contribution is -2.50. The Hall–Kier alpha value is -2.48. The van der Waals surface area contributed by atoms with Gasteiger partial charge in [-0.15, -0.1) is 0 Å². The second-order valence-corrected chi connectivity index (χ2v) is 7.84. The molecule has 8 nitrogen and oxygen atoms in total. The molecule has 27 heavy (non-hydrogen) atoms. The van der Waals surface area contributed by atoms with E-state index in [4.69, 9.17) is 25.2 Å². The van der Waals surface area contributed by atoms with Gasteiger partial charge in [-0.1, -0.05) is 0 Å². The summed E-state index contributed by atoms with van der Waals surface area (Å²) in [5.74, 6) is 2.72. The highest BCUT2D eigenvalue weighted by Gasteiger charge is 2.42. The summed E-state index contributed by atoms with van der Waals surface area (Å²) in [7, 11) is 0. The van der Waals surface area contributed by atoms with Gasteiger partial charge >= 0.3 is 0 Å². The molecule has 0 saturated carbocycles. The van der Waals surface area contributed by atoms with Crippen molar-refractivity contribution in [2.24, 2.45) is 10.7 Å². The van der Waals surface area contributed by atoms with Gasteiger partial charge in [0.15, 0.2) is 17.5 Å². The monoisotopic (exact) mass is 370 g/mol. The molecule has 3 aliphatic rings. The number of aromatic nitrogens is 2. The number of piperidine rings is 1. The molecule has 1 aromatic carbocycles. The maximum absolute atomic E-state index is 6.14. The number of hydrogen-bond donors (Lipinski definition) is 2. The van der Waals surface area contributed by atoms with Crippen LogP contribution in [0.3, 0.4) is 0 Å².